The predicted molar refractivity (Wildman–Crippen MR) is 100.0 cm³/mol. The van der Waals surface area contributed by atoms with Crippen LogP contribution in [-0.4, -0.2) is 67.4 Å². The first-order valence-electron chi connectivity index (χ1n) is 8.13. The van der Waals surface area contributed by atoms with Crippen LogP contribution in [0.3, 0.4) is 0 Å². The number of nitrogens with zero attached hydrogens (tertiary/aromatic N) is 2. The first kappa shape index (κ1) is 22.4. The molecule has 0 spiro atoms. The van der Waals surface area contributed by atoms with Crippen LogP contribution in [0.1, 0.15) is 37.2 Å². The summed E-state index contributed by atoms with van der Waals surface area (Å²) in [6.07, 6.45) is 0. The van der Waals surface area contributed by atoms with Crippen LogP contribution in [0.5, 0.6) is 0 Å². The number of aliphatic hydroxyl groups is 1. The first-order chi connectivity index (χ1) is 11.1. The second kappa shape index (κ2) is 11.0. The van der Waals surface area contributed by atoms with Gasteiger partial charge < -0.3 is 20.4 Å². The van der Waals surface area contributed by atoms with Crippen molar-refractivity contribution in [3.05, 3.63) is 29.3 Å². The Balaban J connectivity index is 0.00000170. The molecule has 24 heavy (non-hydrogen) atoms. The van der Waals surface area contributed by atoms with Crippen molar-refractivity contribution in [1.82, 2.24) is 10.2 Å². The highest BCUT2D eigenvalue weighted by atomic mass is 16.4. The van der Waals surface area contributed by atoms with Gasteiger partial charge in [-0.2, -0.15) is 0 Å². The Bertz CT molecular complexity index is 508. The number of nitrogens with one attached hydrogen (secondary N) is 1. The number of benzene rings is 1. The lowest BCUT2D eigenvalue weighted by Crippen LogP contribution is -2.54. The zero-order valence-electron chi connectivity index (χ0n) is 14.5. The number of likely N-dealkylation sites (N-methyl/N-ethyl adjacent to an activating group) is 2. The smallest absolute Gasteiger partial charge is 0.336 e. The number of hydrogen-bond acceptors (Lipinski definition) is 5. The molecule has 0 bridgehead atoms. The van der Waals surface area contributed by atoms with E-state index in [0.29, 0.717) is 11.6 Å². The number of aromatic carboxylic acids is 1. The van der Waals surface area contributed by atoms with Gasteiger partial charge in [-0.15, -0.1) is 0 Å². The van der Waals surface area contributed by atoms with E-state index < -0.39 is 5.97 Å². The van der Waals surface area contributed by atoms with Crippen molar-refractivity contribution >= 4 is 11.7 Å². The maximum absolute atomic E-state index is 11.1. The van der Waals surface area contributed by atoms with Crippen molar-refractivity contribution in [2.45, 2.75) is 33.9 Å². The van der Waals surface area contributed by atoms with E-state index in [1.807, 2.05) is 27.0 Å². The first-order valence-corrected chi connectivity index (χ1v) is 8.13. The topological polar surface area (TPSA) is 76.0 Å². The van der Waals surface area contributed by atoms with Gasteiger partial charge in [0.1, 0.15) is 0 Å². The Hall–Kier alpha value is -1.63. The molecule has 2 rings (SSSR count). The van der Waals surface area contributed by atoms with E-state index in [4.69, 9.17) is 5.11 Å². The fourth-order valence-corrected chi connectivity index (χ4v) is 2.75. The van der Waals surface area contributed by atoms with Crippen LogP contribution in [0.4, 0.5) is 5.69 Å². The molecule has 1 fully saturated rings. The molecule has 0 radical (unpaired) electrons. The Morgan fingerprint density at radius 1 is 1.33 bits per heavy atom. The molecule has 1 saturated heterocycles. The molecule has 1 aliphatic rings. The Morgan fingerprint density at radius 2 is 2.00 bits per heavy atom. The summed E-state index contributed by atoms with van der Waals surface area (Å²) >= 11 is 0. The van der Waals surface area contributed by atoms with E-state index in [1.165, 1.54) is 0 Å². The van der Waals surface area contributed by atoms with E-state index in [-0.39, 0.29) is 19.6 Å². The molecule has 1 unspecified atom stereocenters. The summed E-state index contributed by atoms with van der Waals surface area (Å²) in [5.74, 6) is -1.00. The quantitative estimate of drug-likeness (QED) is 0.760. The average molecular weight is 339 g/mol. The normalized spacial score (nSPS) is 17.5. The van der Waals surface area contributed by atoms with E-state index >= 15 is 0 Å². The summed E-state index contributed by atoms with van der Waals surface area (Å²) in [4.78, 5) is 15.7. The van der Waals surface area contributed by atoms with Gasteiger partial charge in [-0.1, -0.05) is 21.3 Å². The third-order valence-corrected chi connectivity index (χ3v) is 4.07. The van der Waals surface area contributed by atoms with Gasteiger partial charge in [0.05, 0.1) is 12.2 Å². The van der Waals surface area contributed by atoms with Gasteiger partial charge in [-0.25, -0.2) is 4.79 Å². The third-order valence-electron chi connectivity index (χ3n) is 4.07. The molecule has 138 valence electrons. The molecule has 0 aromatic heterocycles. The maximum atomic E-state index is 11.1. The molecule has 1 heterocycles. The maximum Gasteiger partial charge on any atom is 0.336 e. The minimum atomic E-state index is -1.00. The summed E-state index contributed by atoms with van der Waals surface area (Å²) in [7, 11) is 4.06. The molecule has 1 aromatic rings. The zero-order chi connectivity index (χ0) is 17.4. The molecule has 1 aromatic carbocycles. The van der Waals surface area contributed by atoms with Crippen molar-refractivity contribution in [3.8, 4) is 0 Å². The van der Waals surface area contributed by atoms with Gasteiger partial charge >= 0.3 is 5.97 Å². The van der Waals surface area contributed by atoms with E-state index in [0.717, 1.165) is 31.9 Å². The van der Waals surface area contributed by atoms with Crippen molar-refractivity contribution < 1.29 is 15.0 Å². The highest BCUT2D eigenvalue weighted by molar-refractivity contribution is 5.90. The molecular formula is C18H33N3O3. The predicted octanol–water partition coefficient (Wildman–Crippen LogP) is 1.88. The molecular weight excluding hydrogens is 306 g/mol. The van der Waals surface area contributed by atoms with Crippen LogP contribution in [-0.2, 0) is 6.61 Å². The molecule has 1 atom stereocenters. The number of rotatable bonds is 5. The number of carbonyl (C=O) groups is 1. The summed E-state index contributed by atoms with van der Waals surface area (Å²) in [5, 5.41) is 21.7. The number of hydrogen-bond donors (Lipinski definition) is 3. The summed E-state index contributed by atoms with van der Waals surface area (Å²) < 4.78 is 0. The van der Waals surface area contributed by atoms with Gasteiger partial charge in [-0.05, 0) is 37.9 Å². The Morgan fingerprint density at radius 3 is 2.54 bits per heavy atom. The standard InChI is InChI=1S/C15H23N3O3.C2H6.CH4/c1-16-8-13-9-18(6-5-17(13)2)12-3-4-14(15(20)21)11(7-12)10-19;1-2;/h3-4,7,13,16,19H,5-6,8-10H2,1-2H3,(H,20,21);1-2H3;1H4. The SMILES string of the molecule is C.CC.CNCC1CN(c2ccc(C(=O)O)c(CO)c2)CCN1C. The van der Waals surface area contributed by atoms with Crippen LogP contribution in [0.15, 0.2) is 18.2 Å². The van der Waals surface area contributed by atoms with Crippen molar-refractivity contribution in [1.29, 1.82) is 0 Å². The number of anilines is 1. The molecule has 0 saturated carbocycles. The van der Waals surface area contributed by atoms with Gasteiger partial charge in [0.2, 0.25) is 0 Å². The average Bonchev–Trinajstić information content (AvgIpc) is 2.58. The second-order valence-corrected chi connectivity index (χ2v) is 5.44. The number of piperazine rings is 1. The molecule has 6 nitrogen and oxygen atoms in total. The highest BCUT2D eigenvalue weighted by Crippen LogP contribution is 2.22. The van der Waals surface area contributed by atoms with Crippen molar-refractivity contribution in [2.24, 2.45) is 0 Å². The van der Waals surface area contributed by atoms with Crippen molar-refractivity contribution in [3.63, 3.8) is 0 Å². The van der Waals surface area contributed by atoms with Crippen LogP contribution < -0.4 is 10.2 Å². The van der Waals surface area contributed by atoms with Crippen LogP contribution >= 0.6 is 0 Å². The minimum Gasteiger partial charge on any atom is -0.478 e. The number of aliphatic hydroxyl groups excluding tert-OH is 1. The van der Waals surface area contributed by atoms with Crippen LogP contribution in [0, 0.1) is 0 Å². The van der Waals surface area contributed by atoms with E-state index in [9.17, 15) is 9.90 Å². The van der Waals surface area contributed by atoms with E-state index in [2.05, 4.69) is 22.2 Å². The minimum absolute atomic E-state index is 0. The summed E-state index contributed by atoms with van der Waals surface area (Å²) in [5.41, 5.74) is 1.60. The molecule has 0 amide bonds. The fraction of sp³-hybridized carbons (Fsp3) is 0.611. The molecule has 3 N–H and O–H groups in total. The lowest BCUT2D eigenvalue weighted by atomic mass is 10.1. The van der Waals surface area contributed by atoms with Gasteiger partial charge in [0.15, 0.2) is 0 Å². The Labute approximate surface area is 146 Å². The number of carboxylic acids is 1. The third kappa shape index (κ3) is 5.47. The second-order valence-electron chi connectivity index (χ2n) is 5.44. The van der Waals surface area contributed by atoms with Crippen LogP contribution in [0.25, 0.3) is 0 Å². The largest absolute Gasteiger partial charge is 0.478 e. The van der Waals surface area contributed by atoms with Gasteiger partial charge in [0.25, 0.3) is 0 Å². The molecule has 0 aliphatic carbocycles. The van der Waals surface area contributed by atoms with Crippen LogP contribution in [0.2, 0.25) is 0 Å². The van der Waals surface area contributed by atoms with Crippen molar-refractivity contribution in [2.75, 3.05) is 45.2 Å². The summed E-state index contributed by atoms with van der Waals surface area (Å²) in [6.45, 7) is 7.39. The number of carboxylic acid groups (broad SMARTS) is 1. The monoisotopic (exact) mass is 339 g/mol. The molecule has 6 heteroatoms. The Kier molecular flexibility index (Phi) is 10.3. The lowest BCUT2D eigenvalue weighted by Gasteiger charge is -2.40. The highest BCUT2D eigenvalue weighted by Gasteiger charge is 2.24. The van der Waals surface area contributed by atoms with Gasteiger partial charge in [0, 0.05) is 37.9 Å². The van der Waals surface area contributed by atoms with Gasteiger partial charge in [-0.3, -0.25) is 4.90 Å². The fourth-order valence-electron chi connectivity index (χ4n) is 2.75. The summed E-state index contributed by atoms with van der Waals surface area (Å²) in [6, 6.07) is 5.60. The van der Waals surface area contributed by atoms with E-state index in [1.54, 1.807) is 12.1 Å². The zero-order valence-corrected chi connectivity index (χ0v) is 14.5. The molecule has 1 aliphatic heterocycles. The lowest BCUT2D eigenvalue weighted by molar-refractivity contribution is 0.0693.